The summed E-state index contributed by atoms with van der Waals surface area (Å²) in [4.78, 5) is 19.6. The Morgan fingerprint density at radius 2 is 1.80 bits per heavy atom. The van der Waals surface area contributed by atoms with Crippen LogP contribution in [0.4, 0.5) is 30.5 Å². The van der Waals surface area contributed by atoms with Crippen molar-refractivity contribution in [2.24, 2.45) is 7.05 Å². The van der Waals surface area contributed by atoms with Crippen LogP contribution in [0.3, 0.4) is 0 Å². The second kappa shape index (κ2) is 13.0. The van der Waals surface area contributed by atoms with Gasteiger partial charge in [-0.2, -0.15) is 18.0 Å². The molecular weight excluding hydrogens is 535 g/mol. The zero-order valence-corrected chi connectivity index (χ0v) is 23.3. The van der Waals surface area contributed by atoms with Crippen molar-refractivity contribution < 1.29 is 23.1 Å². The molecule has 0 saturated carbocycles. The molecule has 0 amide bonds. The Hall–Kier alpha value is -4.14. The predicted molar refractivity (Wildman–Crippen MR) is 149 cm³/mol. The fourth-order valence-electron chi connectivity index (χ4n) is 5.29. The second-order valence-corrected chi connectivity index (χ2v) is 10.3. The van der Waals surface area contributed by atoms with E-state index in [2.05, 4.69) is 44.2 Å². The molecule has 0 fully saturated rings. The number of alkyl halides is 3. The molecule has 0 unspecified atom stereocenters. The quantitative estimate of drug-likeness (QED) is 0.213. The Bertz CT molecular complexity index is 1410. The molecule has 12 heteroatoms. The van der Waals surface area contributed by atoms with Crippen LogP contribution in [0.25, 0.3) is 4.85 Å². The Morgan fingerprint density at radius 1 is 1.07 bits per heavy atom. The van der Waals surface area contributed by atoms with Crippen LogP contribution >= 0.6 is 0 Å². The summed E-state index contributed by atoms with van der Waals surface area (Å²) in [6, 6.07) is 7.78. The normalized spacial score (nSPS) is 13.0. The van der Waals surface area contributed by atoms with Gasteiger partial charge >= 0.3 is 12.1 Å². The van der Waals surface area contributed by atoms with E-state index in [1.54, 1.807) is 11.9 Å². The van der Waals surface area contributed by atoms with Crippen LogP contribution in [0.15, 0.2) is 30.3 Å². The van der Waals surface area contributed by atoms with Crippen LogP contribution in [0.2, 0.25) is 0 Å². The number of benzene rings is 2. The SMILES string of the molecule is [C-]#[N+]c1cc(CN(Cc2cc3c(cc2N(CC)CCCCC(=O)O)CCCC3)c2nnn(C)n2)cc(C(F)(F)F)c1. The van der Waals surface area contributed by atoms with E-state index in [-0.39, 0.29) is 24.6 Å². The third-order valence-corrected chi connectivity index (χ3v) is 7.28. The minimum atomic E-state index is -4.58. The average molecular weight is 570 g/mol. The summed E-state index contributed by atoms with van der Waals surface area (Å²) >= 11 is 0. The minimum Gasteiger partial charge on any atom is -0.481 e. The molecule has 218 valence electrons. The molecule has 0 bridgehead atoms. The summed E-state index contributed by atoms with van der Waals surface area (Å²) in [7, 11) is 1.62. The third kappa shape index (κ3) is 7.74. The summed E-state index contributed by atoms with van der Waals surface area (Å²) < 4.78 is 40.8. The molecule has 41 heavy (non-hydrogen) atoms. The highest BCUT2D eigenvalue weighted by molar-refractivity contribution is 5.66. The summed E-state index contributed by atoms with van der Waals surface area (Å²) in [6.07, 6.45) is 0.972. The summed E-state index contributed by atoms with van der Waals surface area (Å²) in [5.74, 6) is -0.548. The molecule has 3 aromatic rings. The number of fused-ring (bicyclic) bond motifs is 1. The van der Waals surface area contributed by atoms with Crippen LogP contribution in [0.1, 0.15) is 66.8 Å². The number of anilines is 2. The molecule has 1 heterocycles. The van der Waals surface area contributed by atoms with E-state index in [4.69, 9.17) is 11.7 Å². The largest absolute Gasteiger partial charge is 0.481 e. The zero-order chi connectivity index (χ0) is 29.6. The lowest BCUT2D eigenvalue weighted by Crippen LogP contribution is -2.29. The van der Waals surface area contributed by atoms with Crippen molar-refractivity contribution >= 4 is 23.3 Å². The molecule has 2 aromatic carbocycles. The Balaban J connectivity index is 1.72. The molecule has 0 radical (unpaired) electrons. The van der Waals surface area contributed by atoms with E-state index < -0.39 is 17.7 Å². The summed E-state index contributed by atoms with van der Waals surface area (Å²) in [6.45, 7) is 11.1. The highest BCUT2D eigenvalue weighted by Crippen LogP contribution is 2.35. The number of tetrazole rings is 1. The maximum atomic E-state index is 13.6. The van der Waals surface area contributed by atoms with E-state index >= 15 is 0 Å². The first kappa shape index (κ1) is 29.8. The van der Waals surface area contributed by atoms with E-state index in [0.29, 0.717) is 31.6 Å². The van der Waals surface area contributed by atoms with Gasteiger partial charge < -0.3 is 14.9 Å². The van der Waals surface area contributed by atoms with Crippen molar-refractivity contribution in [1.29, 1.82) is 0 Å². The highest BCUT2D eigenvalue weighted by atomic mass is 19.4. The third-order valence-electron chi connectivity index (χ3n) is 7.28. The molecule has 1 N–H and O–H groups in total. The molecule has 0 spiro atoms. The van der Waals surface area contributed by atoms with Gasteiger partial charge in [0, 0.05) is 43.9 Å². The number of unbranched alkanes of at least 4 members (excludes halogenated alkanes) is 1. The van der Waals surface area contributed by atoms with E-state index in [0.717, 1.165) is 55.5 Å². The van der Waals surface area contributed by atoms with Gasteiger partial charge in [-0.15, -0.1) is 5.10 Å². The fourth-order valence-corrected chi connectivity index (χ4v) is 5.29. The van der Waals surface area contributed by atoms with Gasteiger partial charge in [-0.05, 0) is 91.1 Å². The van der Waals surface area contributed by atoms with Gasteiger partial charge in [0.2, 0.25) is 0 Å². The number of aromatic nitrogens is 4. The number of carboxylic acid groups (broad SMARTS) is 1. The molecule has 1 aliphatic rings. The fraction of sp³-hybridized carbons (Fsp3) is 0.483. The van der Waals surface area contributed by atoms with E-state index in [9.17, 15) is 18.0 Å². The van der Waals surface area contributed by atoms with Gasteiger partial charge in [-0.1, -0.05) is 17.2 Å². The number of hydrogen-bond acceptors (Lipinski definition) is 6. The van der Waals surface area contributed by atoms with Gasteiger partial charge in [0.1, 0.15) is 0 Å². The molecule has 0 aliphatic heterocycles. The first-order chi connectivity index (χ1) is 19.6. The van der Waals surface area contributed by atoms with Gasteiger partial charge in [0.25, 0.3) is 5.95 Å². The number of carboxylic acids is 1. The lowest BCUT2D eigenvalue weighted by molar-refractivity contribution is -0.138. The van der Waals surface area contributed by atoms with Gasteiger partial charge in [0.15, 0.2) is 5.69 Å². The Kier molecular flexibility index (Phi) is 9.47. The lowest BCUT2D eigenvalue weighted by Gasteiger charge is -2.31. The highest BCUT2D eigenvalue weighted by Gasteiger charge is 2.31. The molecule has 1 aromatic heterocycles. The molecule has 9 nitrogen and oxygen atoms in total. The topological polar surface area (TPSA) is 91.7 Å². The number of nitrogens with zero attached hydrogens (tertiary/aromatic N) is 7. The second-order valence-electron chi connectivity index (χ2n) is 10.3. The number of aryl methyl sites for hydroxylation is 3. The molecule has 1 aliphatic carbocycles. The maximum Gasteiger partial charge on any atom is 0.415 e. The summed E-state index contributed by atoms with van der Waals surface area (Å²) in [5.41, 5.74) is 3.91. The molecule has 4 rings (SSSR count). The zero-order valence-electron chi connectivity index (χ0n) is 23.3. The molecule has 0 saturated heterocycles. The number of aliphatic carboxylic acids is 1. The van der Waals surface area contributed by atoms with Crippen molar-refractivity contribution in [1.82, 2.24) is 20.2 Å². The number of rotatable bonds is 12. The van der Waals surface area contributed by atoms with Crippen LogP contribution in [-0.2, 0) is 43.9 Å². The van der Waals surface area contributed by atoms with Gasteiger partial charge in [-0.25, -0.2) is 4.85 Å². The average Bonchev–Trinajstić information content (AvgIpc) is 3.38. The first-order valence-corrected chi connectivity index (χ1v) is 13.8. The standard InChI is InChI=1S/C29H34F3N7O2/c1-4-38(12-8-7-11-27(40)41)26-16-22-10-6-5-9-21(22)15-23(26)19-39(28-34-36-37(3)35-28)18-20-13-24(29(30,31)32)17-25(14-20)33-2/h13-17H,4-12,18-19H2,1,3H3,(H,40,41). The van der Waals surface area contributed by atoms with Crippen molar-refractivity contribution in [3.8, 4) is 0 Å². The lowest BCUT2D eigenvalue weighted by atomic mass is 9.89. The Morgan fingerprint density at radius 3 is 2.41 bits per heavy atom. The minimum absolute atomic E-state index is 0.0411. The predicted octanol–water partition coefficient (Wildman–Crippen LogP) is 5.95. The van der Waals surface area contributed by atoms with Crippen LogP contribution in [0, 0.1) is 6.57 Å². The first-order valence-electron chi connectivity index (χ1n) is 13.8. The van der Waals surface area contributed by atoms with Crippen molar-refractivity contribution in [2.75, 3.05) is 22.9 Å². The molecular formula is C29H34F3N7O2. The monoisotopic (exact) mass is 569 g/mol. The summed E-state index contributed by atoms with van der Waals surface area (Å²) in [5, 5.41) is 21.5. The van der Waals surface area contributed by atoms with Gasteiger partial charge in [-0.3, -0.25) is 4.79 Å². The van der Waals surface area contributed by atoms with Crippen LogP contribution in [-0.4, -0.2) is 44.4 Å². The van der Waals surface area contributed by atoms with Crippen molar-refractivity contribution in [3.63, 3.8) is 0 Å². The number of carbonyl (C=O) groups is 1. The van der Waals surface area contributed by atoms with Crippen molar-refractivity contribution in [3.05, 3.63) is 69.6 Å². The van der Waals surface area contributed by atoms with Crippen molar-refractivity contribution in [2.45, 2.75) is 71.1 Å². The number of halogens is 3. The van der Waals surface area contributed by atoms with E-state index in [1.807, 2.05) is 0 Å². The van der Waals surface area contributed by atoms with Crippen LogP contribution < -0.4 is 9.80 Å². The Labute approximate surface area is 237 Å². The maximum absolute atomic E-state index is 13.6. The molecule has 0 atom stereocenters. The smallest absolute Gasteiger partial charge is 0.415 e. The number of hydrogen-bond donors (Lipinski definition) is 1. The van der Waals surface area contributed by atoms with E-state index in [1.165, 1.54) is 22.0 Å². The van der Waals surface area contributed by atoms with Gasteiger partial charge in [0.05, 0.1) is 13.6 Å². The van der Waals surface area contributed by atoms with Crippen LogP contribution in [0.5, 0.6) is 0 Å².